The summed E-state index contributed by atoms with van der Waals surface area (Å²) >= 11 is 0. The highest BCUT2D eigenvalue weighted by atomic mass is 31.2. The van der Waals surface area contributed by atoms with Gasteiger partial charge in [0.05, 0.1) is 62.6 Å². The Morgan fingerprint density at radius 3 is 2.51 bits per heavy atom. The average Bonchev–Trinajstić information content (AvgIpc) is 3.17. The summed E-state index contributed by atoms with van der Waals surface area (Å²) in [7, 11) is 7.59. The van der Waals surface area contributed by atoms with Crippen molar-refractivity contribution in [2.75, 3.05) is 27.4 Å². The third-order valence-electron chi connectivity index (χ3n) is 5.63. The molecule has 0 bridgehead atoms. The summed E-state index contributed by atoms with van der Waals surface area (Å²) < 4.78 is 36.7. The molecular formula is C24H37BN3O8P. The molecule has 1 aliphatic heterocycles. The molecule has 0 aromatic heterocycles. The number of hydrogen-bond acceptors (Lipinski definition) is 10. The van der Waals surface area contributed by atoms with Crippen LogP contribution < -0.4 is 4.74 Å². The van der Waals surface area contributed by atoms with Crippen molar-refractivity contribution < 1.29 is 32.9 Å². The van der Waals surface area contributed by atoms with Crippen LogP contribution in [0.15, 0.2) is 12.1 Å². The van der Waals surface area contributed by atoms with Crippen LogP contribution in [0, 0.1) is 21.4 Å². The van der Waals surface area contributed by atoms with Gasteiger partial charge in [-0.15, -0.1) is 0 Å². The fraction of sp³-hybridized carbons (Fsp3) is 0.708. The monoisotopic (exact) mass is 537 g/mol. The van der Waals surface area contributed by atoms with Crippen molar-refractivity contribution in [3.05, 3.63) is 33.4 Å². The van der Waals surface area contributed by atoms with E-state index in [1.807, 2.05) is 0 Å². The maximum Gasteiger partial charge on any atom is 0.275 e. The molecule has 2 rings (SSSR count). The van der Waals surface area contributed by atoms with Gasteiger partial charge in [-0.3, -0.25) is 10.1 Å². The number of nitro groups is 1. The van der Waals surface area contributed by atoms with Gasteiger partial charge in [0.2, 0.25) is 0 Å². The van der Waals surface area contributed by atoms with Gasteiger partial charge >= 0.3 is 0 Å². The highest BCUT2D eigenvalue weighted by Gasteiger charge is 2.39. The van der Waals surface area contributed by atoms with Gasteiger partial charge < -0.3 is 28.0 Å². The van der Waals surface area contributed by atoms with Gasteiger partial charge in [-0.25, -0.2) is 4.67 Å². The number of benzene rings is 1. The van der Waals surface area contributed by atoms with Gasteiger partial charge in [0, 0.05) is 36.8 Å². The van der Waals surface area contributed by atoms with E-state index in [1.165, 1.54) is 20.3 Å². The molecule has 11 nitrogen and oxygen atoms in total. The van der Waals surface area contributed by atoms with Gasteiger partial charge in [-0.05, 0) is 40.2 Å². The van der Waals surface area contributed by atoms with Crippen LogP contribution >= 0.6 is 8.53 Å². The molecule has 0 saturated carbocycles. The SMILES string of the molecule is [B]C1CC(OP(OCCC#N)N(C(C)C)C(C)C)C(COCc2cc(OC)c(COC)cc2[N+](=O)[O-])O1. The van der Waals surface area contributed by atoms with E-state index in [9.17, 15) is 10.1 Å². The molecule has 13 heteroatoms. The summed E-state index contributed by atoms with van der Waals surface area (Å²) in [6.07, 6.45) is -0.200. The molecule has 4 unspecified atom stereocenters. The second-order valence-corrected chi connectivity index (χ2v) is 10.5. The van der Waals surface area contributed by atoms with E-state index >= 15 is 0 Å². The fourth-order valence-corrected chi connectivity index (χ4v) is 5.86. The third-order valence-corrected chi connectivity index (χ3v) is 7.79. The Labute approximate surface area is 221 Å². The van der Waals surface area contributed by atoms with Crippen molar-refractivity contribution in [1.29, 1.82) is 5.26 Å². The van der Waals surface area contributed by atoms with Crippen molar-refractivity contribution in [2.45, 2.75) is 84.0 Å². The maximum atomic E-state index is 11.7. The van der Waals surface area contributed by atoms with Gasteiger partial charge in [0.1, 0.15) is 19.7 Å². The predicted molar refractivity (Wildman–Crippen MR) is 139 cm³/mol. The standard InChI is InChI=1S/C24H37BN3O8P/c1-16(2)27(17(3)4)37(34-9-7-8-26)36-22-12-24(25)35-23(22)15-33-14-18-11-21(32-6)19(13-31-5)10-20(18)28(29)30/h10-11,16-17,22-24H,7,9,12-15H2,1-6H3. The minimum atomic E-state index is -1.48. The van der Waals surface area contributed by atoms with Crippen molar-refractivity contribution in [3.8, 4) is 11.8 Å². The lowest BCUT2D eigenvalue weighted by atomic mass is 9.96. The highest BCUT2D eigenvalue weighted by Crippen LogP contribution is 2.49. The van der Waals surface area contributed by atoms with E-state index in [4.69, 9.17) is 41.1 Å². The first-order valence-electron chi connectivity index (χ1n) is 12.2. The second-order valence-electron chi connectivity index (χ2n) is 9.14. The van der Waals surface area contributed by atoms with E-state index in [0.717, 1.165) is 0 Å². The molecule has 0 spiro atoms. The van der Waals surface area contributed by atoms with Gasteiger partial charge in [-0.1, -0.05) is 0 Å². The Bertz CT molecular complexity index is 909. The molecule has 1 aromatic rings. The van der Waals surface area contributed by atoms with Crippen LogP contribution in [0.25, 0.3) is 0 Å². The Kier molecular flexibility index (Phi) is 13.2. The van der Waals surface area contributed by atoms with Gasteiger partial charge in [0.15, 0.2) is 0 Å². The van der Waals surface area contributed by atoms with Gasteiger partial charge in [-0.2, -0.15) is 5.26 Å². The Morgan fingerprint density at radius 1 is 1.24 bits per heavy atom. The number of methoxy groups -OCH3 is 2. The Balaban J connectivity index is 2.13. The highest BCUT2D eigenvalue weighted by molar-refractivity contribution is 7.44. The molecular weight excluding hydrogens is 500 g/mol. The lowest BCUT2D eigenvalue weighted by Gasteiger charge is -2.37. The first-order chi connectivity index (χ1) is 17.6. The molecule has 37 heavy (non-hydrogen) atoms. The van der Waals surface area contributed by atoms with Crippen LogP contribution in [-0.4, -0.2) is 75.2 Å². The second kappa shape index (κ2) is 15.5. The molecule has 204 valence electrons. The zero-order valence-corrected chi connectivity index (χ0v) is 23.3. The lowest BCUT2D eigenvalue weighted by Crippen LogP contribution is -2.36. The average molecular weight is 537 g/mol. The zero-order valence-electron chi connectivity index (χ0n) is 22.4. The van der Waals surface area contributed by atoms with Crippen LogP contribution in [-0.2, 0) is 36.5 Å². The number of nitro benzene ring substituents is 1. The normalized spacial score (nSPS) is 20.5. The number of hydrogen-bond donors (Lipinski definition) is 0. The number of nitriles is 1. The number of rotatable bonds is 16. The van der Waals surface area contributed by atoms with Crippen LogP contribution in [0.2, 0.25) is 0 Å². The van der Waals surface area contributed by atoms with E-state index < -0.39 is 31.7 Å². The molecule has 0 N–H and O–H groups in total. The third kappa shape index (κ3) is 9.15. The topological polar surface area (TPSA) is 126 Å². The molecule has 4 atom stereocenters. The Morgan fingerprint density at radius 2 is 1.95 bits per heavy atom. The van der Waals surface area contributed by atoms with Crippen LogP contribution in [0.5, 0.6) is 5.75 Å². The molecule has 1 aromatic carbocycles. The number of nitrogens with zero attached hydrogens (tertiary/aromatic N) is 3. The largest absolute Gasteiger partial charge is 0.496 e. The first-order valence-corrected chi connectivity index (χ1v) is 13.3. The molecule has 2 radical (unpaired) electrons. The minimum absolute atomic E-state index is 0.0285. The molecule has 1 fully saturated rings. The summed E-state index contributed by atoms with van der Waals surface area (Å²) in [6.45, 7) is 8.75. The van der Waals surface area contributed by atoms with E-state index in [1.54, 1.807) is 6.07 Å². The summed E-state index contributed by atoms with van der Waals surface area (Å²) in [5.74, 6) is 0.481. The van der Waals surface area contributed by atoms with Crippen LogP contribution in [0.3, 0.4) is 0 Å². The summed E-state index contributed by atoms with van der Waals surface area (Å²) in [4.78, 5) is 11.2. The number of ether oxygens (including phenoxy) is 4. The molecule has 0 amide bonds. The van der Waals surface area contributed by atoms with E-state index in [0.29, 0.717) is 23.3 Å². The van der Waals surface area contributed by atoms with Crippen LogP contribution in [0.4, 0.5) is 5.69 Å². The van der Waals surface area contributed by atoms with Crippen molar-refractivity contribution in [3.63, 3.8) is 0 Å². The Hall–Kier alpha value is -1.84. The molecule has 1 aliphatic rings. The molecule has 1 heterocycles. The quantitative estimate of drug-likeness (QED) is 0.0995. The first kappa shape index (κ1) is 31.4. The van der Waals surface area contributed by atoms with Crippen molar-refractivity contribution in [1.82, 2.24) is 4.67 Å². The lowest BCUT2D eigenvalue weighted by molar-refractivity contribution is -0.386. The van der Waals surface area contributed by atoms with E-state index in [-0.39, 0.29) is 50.6 Å². The van der Waals surface area contributed by atoms with Crippen molar-refractivity contribution >= 4 is 22.1 Å². The van der Waals surface area contributed by atoms with Crippen LogP contribution in [0.1, 0.15) is 51.7 Å². The van der Waals surface area contributed by atoms with E-state index in [2.05, 4.69) is 38.4 Å². The molecule has 1 saturated heterocycles. The predicted octanol–water partition coefficient (Wildman–Crippen LogP) is 4.21. The smallest absolute Gasteiger partial charge is 0.275 e. The summed E-state index contributed by atoms with van der Waals surface area (Å²) in [5.41, 5.74) is 0.863. The van der Waals surface area contributed by atoms with Gasteiger partial charge in [0.25, 0.3) is 14.2 Å². The fourth-order valence-electron chi connectivity index (χ4n) is 4.10. The minimum Gasteiger partial charge on any atom is -0.496 e. The maximum absolute atomic E-state index is 11.7. The zero-order chi connectivity index (χ0) is 27.5. The molecule has 0 aliphatic carbocycles. The van der Waals surface area contributed by atoms with Crippen molar-refractivity contribution in [2.24, 2.45) is 0 Å². The summed E-state index contributed by atoms with van der Waals surface area (Å²) in [5, 5.41) is 20.6. The summed E-state index contributed by atoms with van der Waals surface area (Å²) in [6, 6.07) is 4.87.